The van der Waals surface area contributed by atoms with Crippen molar-refractivity contribution < 1.29 is 0 Å². The van der Waals surface area contributed by atoms with Gasteiger partial charge in [-0.1, -0.05) is 137 Å². The van der Waals surface area contributed by atoms with Crippen LogP contribution in [-0.2, 0) is 0 Å². The van der Waals surface area contributed by atoms with E-state index in [4.69, 9.17) is 0 Å². The highest BCUT2D eigenvalue weighted by Gasteiger charge is 2.17. The van der Waals surface area contributed by atoms with E-state index in [1.165, 1.54) is 54.6 Å². The van der Waals surface area contributed by atoms with Gasteiger partial charge in [0.25, 0.3) is 0 Å². The SMILES string of the molecule is Brc1ccc(-c2ccc(N(c3ccc(-c4ccc5ccccc5c4)cc3)c3cc4ccccc4c4ccccc34)cc2)cc1. The van der Waals surface area contributed by atoms with Crippen LogP contribution in [0, 0.1) is 0 Å². The summed E-state index contributed by atoms with van der Waals surface area (Å²) in [6.07, 6.45) is 0. The van der Waals surface area contributed by atoms with Crippen molar-refractivity contribution in [3.05, 3.63) is 174 Å². The minimum absolute atomic E-state index is 1.08. The monoisotopic (exact) mass is 625 g/mol. The normalized spacial score (nSPS) is 11.3. The first-order chi connectivity index (χ1) is 21.7. The molecule has 0 unspecified atom stereocenters. The molecule has 0 amide bonds. The summed E-state index contributed by atoms with van der Waals surface area (Å²) >= 11 is 3.56. The maximum atomic E-state index is 3.56. The number of benzene rings is 8. The van der Waals surface area contributed by atoms with Gasteiger partial charge in [-0.25, -0.2) is 0 Å². The lowest BCUT2D eigenvalue weighted by Crippen LogP contribution is -2.10. The minimum atomic E-state index is 1.08. The maximum Gasteiger partial charge on any atom is 0.0546 e. The number of fused-ring (bicyclic) bond motifs is 4. The summed E-state index contributed by atoms with van der Waals surface area (Å²) in [5, 5.41) is 7.49. The van der Waals surface area contributed by atoms with E-state index in [1.807, 2.05) is 0 Å². The number of rotatable bonds is 5. The van der Waals surface area contributed by atoms with Gasteiger partial charge < -0.3 is 4.90 Å². The number of nitrogens with zero attached hydrogens (tertiary/aromatic N) is 1. The van der Waals surface area contributed by atoms with Gasteiger partial charge >= 0.3 is 0 Å². The molecule has 0 atom stereocenters. The zero-order chi connectivity index (χ0) is 29.5. The molecule has 2 heteroatoms. The minimum Gasteiger partial charge on any atom is -0.310 e. The quantitative estimate of drug-likeness (QED) is 0.172. The van der Waals surface area contributed by atoms with Crippen LogP contribution in [0.5, 0.6) is 0 Å². The van der Waals surface area contributed by atoms with Crippen LogP contribution in [-0.4, -0.2) is 0 Å². The van der Waals surface area contributed by atoms with E-state index in [9.17, 15) is 0 Å². The molecule has 8 rings (SSSR count). The summed E-state index contributed by atoms with van der Waals surface area (Å²) in [4.78, 5) is 2.39. The molecule has 0 heterocycles. The molecule has 0 aliphatic rings. The first-order valence-electron chi connectivity index (χ1n) is 14.9. The molecule has 8 aromatic carbocycles. The Labute approximate surface area is 265 Å². The summed E-state index contributed by atoms with van der Waals surface area (Å²) in [7, 11) is 0. The summed E-state index contributed by atoms with van der Waals surface area (Å²) in [5.74, 6) is 0. The van der Waals surface area contributed by atoms with Crippen LogP contribution >= 0.6 is 15.9 Å². The number of hydrogen-bond acceptors (Lipinski definition) is 1. The van der Waals surface area contributed by atoms with Crippen molar-refractivity contribution >= 4 is 65.3 Å². The van der Waals surface area contributed by atoms with Gasteiger partial charge in [-0.3, -0.25) is 0 Å². The molecule has 0 aliphatic heterocycles. The molecule has 8 aromatic rings. The zero-order valence-corrected chi connectivity index (χ0v) is 25.6. The molecule has 0 fully saturated rings. The Hall–Kier alpha value is -5.18. The lowest BCUT2D eigenvalue weighted by atomic mass is 9.98. The van der Waals surface area contributed by atoms with Gasteiger partial charge in [0.1, 0.15) is 0 Å². The molecule has 0 saturated carbocycles. The molecule has 0 aliphatic carbocycles. The van der Waals surface area contributed by atoms with Crippen molar-refractivity contribution in [1.29, 1.82) is 0 Å². The average Bonchev–Trinajstić information content (AvgIpc) is 3.09. The van der Waals surface area contributed by atoms with Crippen molar-refractivity contribution in [2.75, 3.05) is 4.90 Å². The van der Waals surface area contributed by atoms with Gasteiger partial charge in [0.2, 0.25) is 0 Å². The molecule has 44 heavy (non-hydrogen) atoms. The van der Waals surface area contributed by atoms with Crippen LogP contribution in [0.1, 0.15) is 0 Å². The summed E-state index contributed by atoms with van der Waals surface area (Å²) in [6.45, 7) is 0. The Bertz CT molecular complexity index is 2270. The summed E-state index contributed by atoms with van der Waals surface area (Å²) < 4.78 is 1.08. The lowest BCUT2D eigenvalue weighted by molar-refractivity contribution is 1.30. The predicted octanol–water partition coefficient (Wildman–Crippen LogP) is 12.7. The standard InChI is InChI=1S/C42H28BrN/c43-36-21-15-30(16-22-36)31-17-23-37(24-18-31)44(42-28-35-9-3-4-10-39(35)40-11-5-6-12-41(40)42)38-25-19-32(20-26-38)34-14-13-29-7-1-2-8-33(29)27-34/h1-28H. The van der Waals surface area contributed by atoms with Gasteiger partial charge in [0.05, 0.1) is 5.69 Å². The van der Waals surface area contributed by atoms with Crippen LogP contribution < -0.4 is 4.90 Å². The average molecular weight is 627 g/mol. The third kappa shape index (κ3) is 4.84. The molecule has 1 nitrogen and oxygen atoms in total. The fraction of sp³-hybridized carbons (Fsp3) is 0. The smallest absolute Gasteiger partial charge is 0.0546 e. The maximum absolute atomic E-state index is 3.56. The van der Waals surface area contributed by atoms with E-state index in [0.29, 0.717) is 0 Å². The van der Waals surface area contributed by atoms with Crippen LogP contribution in [0.25, 0.3) is 54.6 Å². The highest BCUT2D eigenvalue weighted by atomic mass is 79.9. The van der Waals surface area contributed by atoms with E-state index in [-0.39, 0.29) is 0 Å². The fourth-order valence-electron chi connectivity index (χ4n) is 6.26. The molecular weight excluding hydrogens is 598 g/mol. The zero-order valence-electron chi connectivity index (χ0n) is 24.0. The summed E-state index contributed by atoms with van der Waals surface area (Å²) in [5.41, 5.74) is 8.20. The Kier molecular flexibility index (Phi) is 6.70. The fourth-order valence-corrected chi connectivity index (χ4v) is 6.53. The third-order valence-electron chi connectivity index (χ3n) is 8.50. The molecule has 0 N–H and O–H groups in total. The van der Waals surface area contributed by atoms with Gasteiger partial charge in [-0.05, 0) is 97.7 Å². The highest BCUT2D eigenvalue weighted by molar-refractivity contribution is 9.10. The van der Waals surface area contributed by atoms with Gasteiger partial charge in [0, 0.05) is 21.2 Å². The Balaban J connectivity index is 1.28. The molecule has 0 aromatic heterocycles. The van der Waals surface area contributed by atoms with Gasteiger partial charge in [-0.2, -0.15) is 0 Å². The van der Waals surface area contributed by atoms with E-state index >= 15 is 0 Å². The third-order valence-corrected chi connectivity index (χ3v) is 9.03. The molecule has 0 spiro atoms. The number of halogens is 1. The second kappa shape index (κ2) is 11.1. The second-order valence-corrected chi connectivity index (χ2v) is 12.1. The second-order valence-electron chi connectivity index (χ2n) is 11.2. The first kappa shape index (κ1) is 26.4. The van der Waals surface area contributed by atoms with Crippen LogP contribution in [0.4, 0.5) is 17.1 Å². The molecule has 0 radical (unpaired) electrons. The van der Waals surface area contributed by atoms with Crippen molar-refractivity contribution in [3.63, 3.8) is 0 Å². The van der Waals surface area contributed by atoms with Gasteiger partial charge in [0.15, 0.2) is 0 Å². The van der Waals surface area contributed by atoms with E-state index < -0.39 is 0 Å². The number of anilines is 3. The molecule has 0 bridgehead atoms. The Morgan fingerprint density at radius 2 is 0.818 bits per heavy atom. The van der Waals surface area contributed by atoms with E-state index in [0.717, 1.165) is 21.5 Å². The first-order valence-corrected chi connectivity index (χ1v) is 15.7. The molecular formula is C42H28BrN. The van der Waals surface area contributed by atoms with Crippen LogP contribution in [0.3, 0.4) is 0 Å². The molecule has 0 saturated heterocycles. The van der Waals surface area contributed by atoms with E-state index in [2.05, 4.69) is 191 Å². The molecule has 208 valence electrons. The van der Waals surface area contributed by atoms with E-state index in [1.54, 1.807) is 0 Å². The Morgan fingerprint density at radius 3 is 1.48 bits per heavy atom. The van der Waals surface area contributed by atoms with Crippen LogP contribution in [0.15, 0.2) is 174 Å². The Morgan fingerprint density at radius 1 is 0.341 bits per heavy atom. The van der Waals surface area contributed by atoms with Crippen molar-refractivity contribution in [2.24, 2.45) is 0 Å². The summed E-state index contributed by atoms with van der Waals surface area (Å²) in [6, 6.07) is 61.4. The van der Waals surface area contributed by atoms with Crippen LogP contribution in [0.2, 0.25) is 0 Å². The van der Waals surface area contributed by atoms with Crippen molar-refractivity contribution in [3.8, 4) is 22.3 Å². The number of hydrogen-bond donors (Lipinski definition) is 0. The lowest BCUT2D eigenvalue weighted by Gasteiger charge is -2.28. The van der Waals surface area contributed by atoms with Crippen molar-refractivity contribution in [2.45, 2.75) is 0 Å². The van der Waals surface area contributed by atoms with Crippen molar-refractivity contribution in [1.82, 2.24) is 0 Å². The highest BCUT2D eigenvalue weighted by Crippen LogP contribution is 2.43. The topological polar surface area (TPSA) is 3.24 Å². The van der Waals surface area contributed by atoms with Gasteiger partial charge in [-0.15, -0.1) is 0 Å². The predicted molar refractivity (Wildman–Crippen MR) is 192 cm³/mol. The largest absolute Gasteiger partial charge is 0.310 e.